The minimum absolute atomic E-state index is 0.219. The maximum absolute atomic E-state index is 12.6. The molecule has 2 heterocycles. The molecule has 5 nitrogen and oxygen atoms in total. The first-order chi connectivity index (χ1) is 11.0. The van der Waals surface area contributed by atoms with Crippen LogP contribution in [-0.2, 0) is 10.0 Å². The molecule has 6 heteroatoms. The molecule has 0 fully saturated rings. The summed E-state index contributed by atoms with van der Waals surface area (Å²) < 4.78 is 33.1. The Labute approximate surface area is 134 Å². The van der Waals surface area contributed by atoms with E-state index in [0.717, 1.165) is 16.6 Å². The lowest BCUT2D eigenvalue weighted by atomic mass is 10.0. The van der Waals surface area contributed by atoms with E-state index in [4.69, 9.17) is 4.74 Å². The van der Waals surface area contributed by atoms with Crippen LogP contribution >= 0.6 is 0 Å². The van der Waals surface area contributed by atoms with Gasteiger partial charge in [-0.3, -0.25) is 9.71 Å². The predicted octanol–water partition coefficient (Wildman–Crippen LogP) is 3.33. The Bertz CT molecular complexity index is 1060. The zero-order chi connectivity index (χ0) is 16.2. The van der Waals surface area contributed by atoms with Gasteiger partial charge in [0.15, 0.2) is 0 Å². The number of rotatable bonds is 1. The van der Waals surface area contributed by atoms with Crippen LogP contribution in [0.15, 0.2) is 47.4 Å². The number of hydrogen-bond donors (Lipinski definition) is 1. The van der Waals surface area contributed by atoms with Crippen molar-refractivity contribution in [2.75, 3.05) is 11.8 Å². The number of benzene rings is 2. The fourth-order valence-corrected chi connectivity index (χ4v) is 4.20. The average molecular weight is 326 g/mol. The number of nitrogens with zero attached hydrogens (tertiary/aromatic N) is 1. The molecule has 0 radical (unpaired) electrons. The summed E-state index contributed by atoms with van der Waals surface area (Å²) in [6.45, 7) is 1.88. The smallest absolute Gasteiger partial charge is 0.262 e. The summed E-state index contributed by atoms with van der Waals surface area (Å²) in [7, 11) is -2.15. The van der Waals surface area contributed by atoms with Gasteiger partial charge in [0.1, 0.15) is 5.75 Å². The van der Waals surface area contributed by atoms with Gasteiger partial charge in [-0.1, -0.05) is 18.2 Å². The molecule has 3 aromatic rings. The Morgan fingerprint density at radius 3 is 2.57 bits per heavy atom. The van der Waals surface area contributed by atoms with Crippen molar-refractivity contribution in [2.24, 2.45) is 0 Å². The normalized spacial score (nSPS) is 14.7. The molecule has 1 N–H and O–H groups in total. The number of hydrogen-bond acceptors (Lipinski definition) is 4. The third-order valence-electron chi connectivity index (χ3n) is 4.01. The van der Waals surface area contributed by atoms with E-state index in [0.29, 0.717) is 22.5 Å². The highest BCUT2D eigenvalue weighted by molar-refractivity contribution is 7.93. The summed E-state index contributed by atoms with van der Waals surface area (Å²) in [6.07, 6.45) is 0. The van der Waals surface area contributed by atoms with Crippen LogP contribution in [0, 0.1) is 6.92 Å². The summed E-state index contributed by atoms with van der Waals surface area (Å²) in [5.41, 5.74) is 3.51. The molecule has 0 saturated heterocycles. The van der Waals surface area contributed by atoms with Crippen molar-refractivity contribution in [3.05, 3.63) is 48.2 Å². The van der Waals surface area contributed by atoms with Crippen LogP contribution in [0.2, 0.25) is 0 Å². The molecule has 0 bridgehead atoms. The molecule has 0 atom stereocenters. The molecule has 0 amide bonds. The van der Waals surface area contributed by atoms with Crippen LogP contribution in [0.3, 0.4) is 0 Å². The van der Waals surface area contributed by atoms with Crippen LogP contribution in [0.25, 0.3) is 22.0 Å². The number of aromatic nitrogens is 1. The topological polar surface area (TPSA) is 68.3 Å². The number of nitrogens with one attached hydrogen (secondary N) is 1. The Kier molecular flexibility index (Phi) is 2.86. The lowest BCUT2D eigenvalue weighted by molar-refractivity contribution is 0.413. The highest BCUT2D eigenvalue weighted by Crippen LogP contribution is 2.43. The van der Waals surface area contributed by atoms with Crippen LogP contribution in [0.1, 0.15) is 5.69 Å². The second kappa shape index (κ2) is 4.70. The highest BCUT2D eigenvalue weighted by atomic mass is 32.2. The van der Waals surface area contributed by atoms with Gasteiger partial charge in [-0.2, -0.15) is 0 Å². The first kappa shape index (κ1) is 14.0. The van der Waals surface area contributed by atoms with Crippen LogP contribution in [-0.4, -0.2) is 20.5 Å². The van der Waals surface area contributed by atoms with Gasteiger partial charge in [0.25, 0.3) is 10.0 Å². The first-order valence-electron chi connectivity index (χ1n) is 7.11. The number of ether oxygens (including phenoxy) is 1. The van der Waals surface area contributed by atoms with Gasteiger partial charge in [0.05, 0.1) is 23.2 Å². The monoisotopic (exact) mass is 326 g/mol. The SMILES string of the molecule is COc1ccc2c(c1)S(=O)(=O)Nc1c-2ccc2ccc(C)nc12. The van der Waals surface area contributed by atoms with Gasteiger partial charge in [-0.25, -0.2) is 8.42 Å². The largest absolute Gasteiger partial charge is 0.497 e. The van der Waals surface area contributed by atoms with Crippen LogP contribution in [0.5, 0.6) is 5.75 Å². The molecule has 23 heavy (non-hydrogen) atoms. The molecule has 0 unspecified atom stereocenters. The first-order valence-corrected chi connectivity index (χ1v) is 8.59. The van der Waals surface area contributed by atoms with E-state index in [1.165, 1.54) is 13.2 Å². The fourth-order valence-electron chi connectivity index (χ4n) is 2.88. The zero-order valence-electron chi connectivity index (χ0n) is 12.6. The zero-order valence-corrected chi connectivity index (χ0v) is 13.4. The molecule has 0 spiro atoms. The van der Waals surface area contributed by atoms with Crippen molar-refractivity contribution in [1.82, 2.24) is 4.98 Å². The van der Waals surface area contributed by atoms with Crippen molar-refractivity contribution < 1.29 is 13.2 Å². The number of pyridine rings is 1. The molecule has 4 rings (SSSR count). The van der Waals surface area contributed by atoms with Gasteiger partial charge in [0.2, 0.25) is 0 Å². The maximum atomic E-state index is 12.6. The molecule has 0 aliphatic carbocycles. The fraction of sp³-hybridized carbons (Fsp3) is 0.118. The second-order valence-corrected chi connectivity index (χ2v) is 7.13. The minimum atomic E-state index is -3.66. The molecular formula is C17H14N2O3S. The van der Waals surface area contributed by atoms with Crippen LogP contribution < -0.4 is 9.46 Å². The number of sulfonamides is 1. The predicted molar refractivity (Wildman–Crippen MR) is 89.3 cm³/mol. The van der Waals surface area contributed by atoms with Gasteiger partial charge >= 0.3 is 0 Å². The molecule has 1 aliphatic rings. The lowest BCUT2D eigenvalue weighted by Crippen LogP contribution is -2.19. The molecular weight excluding hydrogens is 312 g/mol. The Morgan fingerprint density at radius 1 is 1.04 bits per heavy atom. The molecule has 1 aliphatic heterocycles. The number of fused-ring (bicyclic) bond motifs is 5. The molecule has 1 aromatic heterocycles. The van der Waals surface area contributed by atoms with Crippen molar-refractivity contribution in [2.45, 2.75) is 11.8 Å². The maximum Gasteiger partial charge on any atom is 0.262 e. The van der Waals surface area contributed by atoms with E-state index in [1.807, 2.05) is 31.2 Å². The average Bonchev–Trinajstić information content (AvgIpc) is 2.54. The quantitative estimate of drug-likeness (QED) is 0.745. The summed E-state index contributed by atoms with van der Waals surface area (Å²) in [5.74, 6) is 0.507. The Morgan fingerprint density at radius 2 is 1.78 bits per heavy atom. The van der Waals surface area contributed by atoms with E-state index in [1.54, 1.807) is 12.1 Å². The van der Waals surface area contributed by atoms with Crippen molar-refractivity contribution in [1.29, 1.82) is 0 Å². The lowest BCUT2D eigenvalue weighted by Gasteiger charge is -2.23. The van der Waals surface area contributed by atoms with Gasteiger partial charge in [0, 0.05) is 28.3 Å². The molecule has 0 saturated carbocycles. The highest BCUT2D eigenvalue weighted by Gasteiger charge is 2.29. The summed E-state index contributed by atoms with van der Waals surface area (Å²) in [5, 5.41) is 0.897. The third kappa shape index (κ3) is 2.06. The van der Waals surface area contributed by atoms with E-state index >= 15 is 0 Å². The molecule has 2 aromatic carbocycles. The van der Waals surface area contributed by atoms with Crippen molar-refractivity contribution >= 4 is 26.6 Å². The second-order valence-electron chi connectivity index (χ2n) is 5.48. The van der Waals surface area contributed by atoms with Crippen molar-refractivity contribution in [3.8, 4) is 16.9 Å². The number of anilines is 1. The standard InChI is InChI=1S/C17H14N2O3S/c1-10-3-4-11-5-7-14-13-8-6-12(22-2)9-15(13)23(20,21)19-17(14)16(11)18-10/h3-9,19H,1-2H3. The summed E-state index contributed by atoms with van der Waals surface area (Å²) in [6, 6.07) is 12.8. The van der Waals surface area contributed by atoms with E-state index in [2.05, 4.69) is 9.71 Å². The third-order valence-corrected chi connectivity index (χ3v) is 5.40. The van der Waals surface area contributed by atoms with Gasteiger partial charge in [-0.05, 0) is 25.1 Å². The summed E-state index contributed by atoms with van der Waals surface area (Å²) in [4.78, 5) is 4.73. The Balaban J connectivity index is 2.10. The number of aryl methyl sites for hydroxylation is 1. The van der Waals surface area contributed by atoms with Gasteiger partial charge < -0.3 is 4.74 Å². The summed E-state index contributed by atoms with van der Waals surface area (Å²) >= 11 is 0. The van der Waals surface area contributed by atoms with E-state index < -0.39 is 10.0 Å². The van der Waals surface area contributed by atoms with Gasteiger partial charge in [-0.15, -0.1) is 0 Å². The van der Waals surface area contributed by atoms with E-state index in [-0.39, 0.29) is 4.90 Å². The van der Waals surface area contributed by atoms with E-state index in [9.17, 15) is 8.42 Å². The Hall–Kier alpha value is -2.60. The minimum Gasteiger partial charge on any atom is -0.497 e. The molecule has 116 valence electrons. The number of methoxy groups -OCH3 is 1. The van der Waals surface area contributed by atoms with Crippen LogP contribution in [0.4, 0.5) is 5.69 Å². The van der Waals surface area contributed by atoms with Crippen molar-refractivity contribution in [3.63, 3.8) is 0 Å².